The summed E-state index contributed by atoms with van der Waals surface area (Å²) in [7, 11) is 0. The van der Waals surface area contributed by atoms with Gasteiger partial charge in [0.15, 0.2) is 5.82 Å². The molecule has 2 N–H and O–H groups in total. The molecule has 5 nitrogen and oxygen atoms in total. The molecule has 1 rings (SSSR count). The van der Waals surface area contributed by atoms with Crippen molar-refractivity contribution in [1.29, 1.82) is 0 Å². The van der Waals surface area contributed by atoms with Crippen molar-refractivity contribution in [2.75, 3.05) is 5.32 Å². The van der Waals surface area contributed by atoms with Crippen LogP contribution in [-0.2, 0) is 4.74 Å². The largest absolute Gasteiger partial charge is 0.444 e. The average molecular weight is 371 g/mol. The van der Waals surface area contributed by atoms with Crippen molar-refractivity contribution in [3.8, 4) is 0 Å². The molecule has 0 saturated carbocycles. The number of carbonyl (C=O) groups excluding carboxylic acids is 2. The fourth-order valence-corrected chi connectivity index (χ4v) is 1.76. The Balaban J connectivity index is 3.03. The molecule has 134 valence electrons. The minimum absolute atomic E-state index is 0.443. The van der Waals surface area contributed by atoms with E-state index in [1.807, 2.05) is 5.32 Å². The van der Waals surface area contributed by atoms with E-state index in [2.05, 4.69) is 0 Å². The fraction of sp³-hybridized carbons (Fsp3) is 0.429. The Kier molecular flexibility index (Phi) is 6.42. The SMILES string of the molecule is CC(C)(C)OC(=O)Nc1ccc(Cl)c(C(=O)NC(F)C(F)F)c1F. The van der Waals surface area contributed by atoms with E-state index < -0.39 is 52.4 Å². The van der Waals surface area contributed by atoms with E-state index in [1.54, 1.807) is 20.8 Å². The molecule has 2 amide bonds. The molecule has 1 aromatic rings. The van der Waals surface area contributed by atoms with Gasteiger partial charge in [-0.1, -0.05) is 11.6 Å². The number of anilines is 1. The molecular formula is C14H15ClF4N2O3. The van der Waals surface area contributed by atoms with Gasteiger partial charge in [-0.2, -0.15) is 0 Å². The van der Waals surface area contributed by atoms with Gasteiger partial charge in [0.1, 0.15) is 5.60 Å². The molecule has 0 aliphatic heterocycles. The van der Waals surface area contributed by atoms with Gasteiger partial charge in [0.25, 0.3) is 12.3 Å². The normalized spacial score (nSPS) is 12.7. The van der Waals surface area contributed by atoms with E-state index in [-0.39, 0.29) is 0 Å². The van der Waals surface area contributed by atoms with Crippen LogP contribution in [0.25, 0.3) is 0 Å². The number of halogens is 5. The topological polar surface area (TPSA) is 67.4 Å². The van der Waals surface area contributed by atoms with Crippen LogP contribution in [0.3, 0.4) is 0 Å². The number of hydrogen-bond donors (Lipinski definition) is 2. The summed E-state index contributed by atoms with van der Waals surface area (Å²) in [6.07, 6.45) is -7.49. The number of ether oxygens (including phenoxy) is 1. The predicted molar refractivity (Wildman–Crippen MR) is 79.6 cm³/mol. The maximum Gasteiger partial charge on any atom is 0.412 e. The van der Waals surface area contributed by atoms with Crippen molar-refractivity contribution >= 4 is 29.3 Å². The van der Waals surface area contributed by atoms with Crippen LogP contribution in [0, 0.1) is 5.82 Å². The maximum absolute atomic E-state index is 14.3. The lowest BCUT2D eigenvalue weighted by Crippen LogP contribution is -2.37. The van der Waals surface area contributed by atoms with Crippen molar-refractivity contribution in [3.63, 3.8) is 0 Å². The Morgan fingerprint density at radius 2 is 1.79 bits per heavy atom. The van der Waals surface area contributed by atoms with Crippen LogP contribution in [0.5, 0.6) is 0 Å². The van der Waals surface area contributed by atoms with Gasteiger partial charge in [-0.15, -0.1) is 0 Å². The van der Waals surface area contributed by atoms with Gasteiger partial charge in [-0.3, -0.25) is 10.1 Å². The van der Waals surface area contributed by atoms with Crippen LogP contribution in [0.1, 0.15) is 31.1 Å². The number of benzene rings is 1. The first-order valence-corrected chi connectivity index (χ1v) is 7.01. The molecule has 0 spiro atoms. The number of nitrogens with one attached hydrogen (secondary N) is 2. The van der Waals surface area contributed by atoms with Gasteiger partial charge in [0.2, 0.25) is 6.30 Å². The van der Waals surface area contributed by atoms with Crippen LogP contribution >= 0.6 is 11.6 Å². The molecule has 1 aromatic carbocycles. The van der Waals surface area contributed by atoms with Crippen molar-refractivity contribution in [3.05, 3.63) is 28.5 Å². The van der Waals surface area contributed by atoms with Gasteiger partial charge in [0, 0.05) is 0 Å². The number of alkyl halides is 3. The number of rotatable bonds is 4. The van der Waals surface area contributed by atoms with Gasteiger partial charge >= 0.3 is 6.09 Å². The Labute approximate surface area is 140 Å². The highest BCUT2D eigenvalue weighted by molar-refractivity contribution is 6.34. The van der Waals surface area contributed by atoms with E-state index in [1.165, 1.54) is 5.32 Å². The summed E-state index contributed by atoms with van der Waals surface area (Å²) in [5.41, 5.74) is -2.22. The van der Waals surface area contributed by atoms with E-state index in [4.69, 9.17) is 16.3 Å². The third-order valence-electron chi connectivity index (χ3n) is 2.44. The Hall–Kier alpha value is -2.03. The lowest BCUT2D eigenvalue weighted by molar-refractivity contribution is 0.0285. The highest BCUT2D eigenvalue weighted by atomic mass is 35.5. The number of hydrogen-bond acceptors (Lipinski definition) is 3. The molecule has 0 aliphatic rings. The first kappa shape index (κ1) is 20.0. The van der Waals surface area contributed by atoms with Crippen LogP contribution in [-0.4, -0.2) is 30.3 Å². The first-order chi connectivity index (χ1) is 10.9. The third kappa shape index (κ3) is 5.55. The molecule has 1 unspecified atom stereocenters. The second-order valence-corrected chi connectivity index (χ2v) is 6.03. The third-order valence-corrected chi connectivity index (χ3v) is 2.76. The molecule has 0 aliphatic carbocycles. The van der Waals surface area contributed by atoms with Crippen molar-refractivity contribution in [2.24, 2.45) is 0 Å². The molecular weight excluding hydrogens is 356 g/mol. The lowest BCUT2D eigenvalue weighted by atomic mass is 10.1. The van der Waals surface area contributed by atoms with Gasteiger partial charge in [0.05, 0.1) is 16.3 Å². The quantitative estimate of drug-likeness (QED) is 0.619. The standard InChI is InChI=1S/C14H15ClF4N2O3/c1-14(2,3)24-13(23)20-7-5-4-6(15)8(9(7)16)12(22)21-11(19)10(17)18/h4-5,10-11H,1-3H3,(H,20,23)(H,21,22). The monoisotopic (exact) mass is 370 g/mol. The summed E-state index contributed by atoms with van der Waals surface area (Å²) in [6, 6.07) is 2.08. The zero-order valence-corrected chi connectivity index (χ0v) is 13.7. The Morgan fingerprint density at radius 3 is 2.29 bits per heavy atom. The van der Waals surface area contributed by atoms with E-state index in [0.717, 1.165) is 12.1 Å². The minimum atomic E-state index is -3.49. The minimum Gasteiger partial charge on any atom is -0.444 e. The molecule has 0 fully saturated rings. The van der Waals surface area contributed by atoms with E-state index in [0.29, 0.717) is 0 Å². The summed E-state index contributed by atoms with van der Waals surface area (Å²) in [6.45, 7) is 4.74. The average Bonchev–Trinajstić information content (AvgIpc) is 2.39. The molecule has 0 saturated heterocycles. The van der Waals surface area contributed by atoms with E-state index in [9.17, 15) is 27.2 Å². The second kappa shape index (κ2) is 7.69. The van der Waals surface area contributed by atoms with Gasteiger partial charge < -0.3 is 10.1 Å². The highest BCUT2D eigenvalue weighted by Gasteiger charge is 2.27. The maximum atomic E-state index is 14.3. The Bertz CT molecular complexity index is 635. The van der Waals surface area contributed by atoms with Gasteiger partial charge in [-0.25, -0.2) is 22.4 Å². The summed E-state index contributed by atoms with van der Waals surface area (Å²) in [5.74, 6) is -2.80. The van der Waals surface area contributed by atoms with Crippen molar-refractivity contribution in [1.82, 2.24) is 5.32 Å². The van der Waals surface area contributed by atoms with Crippen molar-refractivity contribution < 1.29 is 31.9 Å². The van der Waals surface area contributed by atoms with Crippen LogP contribution in [0.2, 0.25) is 5.02 Å². The van der Waals surface area contributed by atoms with E-state index >= 15 is 0 Å². The summed E-state index contributed by atoms with van der Waals surface area (Å²) in [4.78, 5) is 23.3. The molecule has 0 bridgehead atoms. The first-order valence-electron chi connectivity index (χ1n) is 6.63. The van der Waals surface area contributed by atoms with Crippen LogP contribution in [0.4, 0.5) is 28.0 Å². The summed E-state index contributed by atoms with van der Waals surface area (Å²) in [5, 5.41) is 2.88. The highest BCUT2D eigenvalue weighted by Crippen LogP contribution is 2.26. The summed E-state index contributed by atoms with van der Waals surface area (Å²) < 4.78 is 56.3. The van der Waals surface area contributed by atoms with Crippen LogP contribution in [0.15, 0.2) is 12.1 Å². The molecule has 0 radical (unpaired) electrons. The lowest BCUT2D eigenvalue weighted by Gasteiger charge is -2.20. The van der Waals surface area contributed by atoms with Crippen LogP contribution < -0.4 is 10.6 Å². The zero-order chi connectivity index (χ0) is 18.7. The Morgan fingerprint density at radius 1 is 1.21 bits per heavy atom. The second-order valence-electron chi connectivity index (χ2n) is 5.62. The molecule has 1 atom stereocenters. The molecule has 0 aromatic heterocycles. The molecule has 0 heterocycles. The fourth-order valence-electron chi connectivity index (χ4n) is 1.53. The number of carbonyl (C=O) groups is 2. The van der Waals surface area contributed by atoms with Gasteiger partial charge in [-0.05, 0) is 32.9 Å². The molecule has 10 heteroatoms. The number of amides is 2. The van der Waals surface area contributed by atoms with Crippen molar-refractivity contribution in [2.45, 2.75) is 39.1 Å². The molecule has 24 heavy (non-hydrogen) atoms. The predicted octanol–water partition coefficient (Wildman–Crippen LogP) is 4.12. The zero-order valence-electron chi connectivity index (χ0n) is 12.9. The summed E-state index contributed by atoms with van der Waals surface area (Å²) >= 11 is 5.65. The smallest absolute Gasteiger partial charge is 0.412 e.